The lowest BCUT2D eigenvalue weighted by Crippen LogP contribution is -2.10. The zero-order chi connectivity index (χ0) is 12.3. The van der Waals surface area contributed by atoms with Crippen LogP contribution >= 0.6 is 0 Å². The number of allylic oxidation sites excluding steroid dienone is 2. The van der Waals surface area contributed by atoms with Crippen LogP contribution in [0.4, 0.5) is 0 Å². The second kappa shape index (κ2) is 5.21. The molecular formula is C14H19NO2. The van der Waals surface area contributed by atoms with Crippen molar-refractivity contribution in [3.63, 3.8) is 0 Å². The molecule has 0 atom stereocenters. The molecule has 3 nitrogen and oxygen atoms in total. The van der Waals surface area contributed by atoms with E-state index in [9.17, 15) is 9.90 Å². The van der Waals surface area contributed by atoms with Crippen molar-refractivity contribution in [1.29, 1.82) is 0 Å². The third-order valence-corrected chi connectivity index (χ3v) is 3.47. The van der Waals surface area contributed by atoms with Gasteiger partial charge in [0.2, 0.25) is 5.43 Å². The second-order valence-electron chi connectivity index (χ2n) is 4.67. The minimum Gasteiger partial charge on any atom is -0.503 e. The van der Waals surface area contributed by atoms with Gasteiger partial charge in [0.05, 0.1) is 5.69 Å². The van der Waals surface area contributed by atoms with Crippen molar-refractivity contribution in [2.45, 2.75) is 45.6 Å². The van der Waals surface area contributed by atoms with Gasteiger partial charge in [0.1, 0.15) is 0 Å². The maximum atomic E-state index is 11.2. The van der Waals surface area contributed by atoms with E-state index in [1.165, 1.54) is 37.3 Å². The van der Waals surface area contributed by atoms with Crippen molar-refractivity contribution >= 4 is 0 Å². The van der Waals surface area contributed by atoms with Crippen LogP contribution in [0.3, 0.4) is 0 Å². The standard InChI is InChI=1S/C14H19NO2/c1-11-14(17)13(16)8-10-15(11)9-7-12-5-3-2-4-6-12/h5,8,10,17H,2-4,6-7,9H2,1H3. The highest BCUT2D eigenvalue weighted by Crippen LogP contribution is 2.21. The SMILES string of the molecule is Cc1c(O)c(=O)ccn1CCC1=CCCCC1. The Labute approximate surface area is 101 Å². The lowest BCUT2D eigenvalue weighted by Gasteiger charge is -2.15. The molecule has 92 valence electrons. The molecule has 0 aliphatic heterocycles. The molecule has 0 bridgehead atoms. The summed E-state index contributed by atoms with van der Waals surface area (Å²) in [4.78, 5) is 11.2. The predicted molar refractivity (Wildman–Crippen MR) is 68.3 cm³/mol. The molecule has 1 heterocycles. The van der Waals surface area contributed by atoms with E-state index in [-0.39, 0.29) is 11.2 Å². The fraction of sp³-hybridized carbons (Fsp3) is 0.500. The summed E-state index contributed by atoms with van der Waals surface area (Å²) in [7, 11) is 0. The number of hydrogen-bond donors (Lipinski definition) is 1. The van der Waals surface area contributed by atoms with Crippen LogP contribution in [0.2, 0.25) is 0 Å². The van der Waals surface area contributed by atoms with Crippen molar-refractivity contribution in [2.75, 3.05) is 0 Å². The third kappa shape index (κ3) is 2.78. The van der Waals surface area contributed by atoms with E-state index in [2.05, 4.69) is 6.08 Å². The maximum absolute atomic E-state index is 11.2. The molecule has 1 aliphatic carbocycles. The quantitative estimate of drug-likeness (QED) is 0.816. The van der Waals surface area contributed by atoms with E-state index in [1.54, 1.807) is 13.1 Å². The molecular weight excluding hydrogens is 214 g/mol. The smallest absolute Gasteiger partial charge is 0.223 e. The van der Waals surface area contributed by atoms with Crippen LogP contribution < -0.4 is 5.43 Å². The highest BCUT2D eigenvalue weighted by atomic mass is 16.3. The monoisotopic (exact) mass is 233 g/mol. The van der Waals surface area contributed by atoms with E-state index in [1.807, 2.05) is 4.57 Å². The first-order chi connectivity index (χ1) is 8.18. The fourth-order valence-corrected chi connectivity index (χ4v) is 2.30. The summed E-state index contributed by atoms with van der Waals surface area (Å²) in [6, 6.07) is 1.43. The molecule has 0 radical (unpaired) electrons. The average molecular weight is 233 g/mol. The minimum absolute atomic E-state index is 0.120. The molecule has 1 aliphatic rings. The number of pyridine rings is 1. The molecule has 0 aromatic carbocycles. The molecule has 1 aromatic heterocycles. The molecule has 0 unspecified atom stereocenters. The predicted octanol–water partition coefficient (Wildman–Crippen LogP) is 2.75. The van der Waals surface area contributed by atoms with Gasteiger partial charge in [-0.15, -0.1) is 0 Å². The van der Waals surface area contributed by atoms with E-state index in [0.717, 1.165) is 13.0 Å². The molecule has 0 spiro atoms. The lowest BCUT2D eigenvalue weighted by molar-refractivity contribution is 0.452. The van der Waals surface area contributed by atoms with Crippen LogP contribution in [0, 0.1) is 6.92 Å². The van der Waals surface area contributed by atoms with Crippen LogP contribution in [0.25, 0.3) is 0 Å². The normalized spacial score (nSPS) is 15.7. The third-order valence-electron chi connectivity index (χ3n) is 3.47. The molecule has 3 heteroatoms. The second-order valence-corrected chi connectivity index (χ2v) is 4.67. The zero-order valence-electron chi connectivity index (χ0n) is 10.3. The number of aromatic nitrogens is 1. The summed E-state index contributed by atoms with van der Waals surface area (Å²) < 4.78 is 1.95. The lowest BCUT2D eigenvalue weighted by atomic mass is 9.97. The van der Waals surface area contributed by atoms with Gasteiger partial charge in [-0.3, -0.25) is 4.79 Å². The molecule has 0 saturated heterocycles. The topological polar surface area (TPSA) is 42.2 Å². The van der Waals surface area contributed by atoms with Gasteiger partial charge in [-0.1, -0.05) is 11.6 Å². The largest absolute Gasteiger partial charge is 0.503 e. The number of aryl methyl sites for hydroxylation is 1. The summed E-state index contributed by atoms with van der Waals surface area (Å²) in [6.45, 7) is 2.62. The molecule has 0 fully saturated rings. The van der Waals surface area contributed by atoms with Gasteiger partial charge >= 0.3 is 0 Å². The van der Waals surface area contributed by atoms with Crippen molar-refractivity contribution in [1.82, 2.24) is 4.57 Å². The van der Waals surface area contributed by atoms with E-state index in [4.69, 9.17) is 0 Å². The summed E-state index contributed by atoms with van der Waals surface area (Å²) in [6.07, 6.45) is 10.1. The van der Waals surface area contributed by atoms with Gasteiger partial charge in [-0.05, 0) is 39.0 Å². The first-order valence-electron chi connectivity index (χ1n) is 6.25. The number of nitrogens with zero attached hydrogens (tertiary/aromatic N) is 1. The Hall–Kier alpha value is -1.51. The van der Waals surface area contributed by atoms with E-state index in [0.29, 0.717) is 5.69 Å². The summed E-state index contributed by atoms with van der Waals surface area (Å²) in [5.41, 5.74) is 1.87. The van der Waals surface area contributed by atoms with Gasteiger partial charge in [-0.25, -0.2) is 0 Å². The Bertz CT molecular complexity index is 485. The highest BCUT2D eigenvalue weighted by Gasteiger charge is 2.07. The Morgan fingerprint density at radius 2 is 2.24 bits per heavy atom. The number of aromatic hydroxyl groups is 1. The van der Waals surface area contributed by atoms with Crippen LogP contribution in [0.15, 0.2) is 28.7 Å². The van der Waals surface area contributed by atoms with Gasteiger partial charge in [0.25, 0.3) is 0 Å². The van der Waals surface area contributed by atoms with Gasteiger partial charge in [-0.2, -0.15) is 0 Å². The van der Waals surface area contributed by atoms with E-state index >= 15 is 0 Å². The first-order valence-corrected chi connectivity index (χ1v) is 6.25. The Morgan fingerprint density at radius 3 is 2.94 bits per heavy atom. The summed E-state index contributed by atoms with van der Waals surface area (Å²) >= 11 is 0. The summed E-state index contributed by atoms with van der Waals surface area (Å²) in [5.74, 6) is -0.120. The van der Waals surface area contributed by atoms with Crippen molar-refractivity contribution in [3.8, 4) is 5.75 Å². The zero-order valence-corrected chi connectivity index (χ0v) is 10.3. The molecule has 0 amide bonds. The Balaban J connectivity index is 2.06. The molecule has 1 N–H and O–H groups in total. The molecule has 17 heavy (non-hydrogen) atoms. The van der Waals surface area contributed by atoms with Crippen LogP contribution in [-0.2, 0) is 6.54 Å². The number of rotatable bonds is 3. The highest BCUT2D eigenvalue weighted by molar-refractivity contribution is 5.25. The first kappa shape index (κ1) is 12.0. The molecule has 2 rings (SSSR count). The average Bonchev–Trinajstić information content (AvgIpc) is 2.36. The Kier molecular flexibility index (Phi) is 3.67. The molecule has 1 aromatic rings. The van der Waals surface area contributed by atoms with Crippen molar-refractivity contribution in [2.24, 2.45) is 0 Å². The summed E-state index contributed by atoms with van der Waals surface area (Å²) in [5, 5.41) is 9.58. The van der Waals surface area contributed by atoms with Crippen LogP contribution in [0.5, 0.6) is 5.75 Å². The van der Waals surface area contributed by atoms with Gasteiger partial charge < -0.3 is 9.67 Å². The van der Waals surface area contributed by atoms with Crippen molar-refractivity contribution in [3.05, 3.63) is 39.8 Å². The maximum Gasteiger partial charge on any atom is 0.223 e. The minimum atomic E-state index is -0.296. The fourth-order valence-electron chi connectivity index (χ4n) is 2.30. The van der Waals surface area contributed by atoms with E-state index < -0.39 is 0 Å². The Morgan fingerprint density at radius 1 is 1.41 bits per heavy atom. The number of hydrogen-bond acceptors (Lipinski definition) is 2. The van der Waals surface area contributed by atoms with Crippen LogP contribution in [-0.4, -0.2) is 9.67 Å². The van der Waals surface area contributed by atoms with Crippen LogP contribution in [0.1, 0.15) is 37.8 Å². The van der Waals surface area contributed by atoms with Crippen molar-refractivity contribution < 1.29 is 5.11 Å². The molecule has 0 saturated carbocycles. The van der Waals surface area contributed by atoms with Gasteiger partial charge in [0, 0.05) is 18.8 Å². The van der Waals surface area contributed by atoms with Gasteiger partial charge in [0.15, 0.2) is 5.75 Å².